The van der Waals surface area contributed by atoms with E-state index in [-0.39, 0.29) is 11.6 Å². The molecule has 0 unspecified atom stereocenters. The van der Waals surface area contributed by atoms with Crippen LogP contribution in [0.4, 0.5) is 5.69 Å². The van der Waals surface area contributed by atoms with Crippen molar-refractivity contribution < 1.29 is 9.72 Å². The highest BCUT2D eigenvalue weighted by Crippen LogP contribution is 2.26. The molecule has 1 aromatic carbocycles. The van der Waals surface area contributed by atoms with Gasteiger partial charge in [-0.05, 0) is 38.1 Å². The van der Waals surface area contributed by atoms with Crippen molar-refractivity contribution in [1.29, 1.82) is 0 Å². The van der Waals surface area contributed by atoms with E-state index in [9.17, 15) is 14.9 Å². The summed E-state index contributed by atoms with van der Waals surface area (Å²) in [6.45, 7) is 2.12. The third-order valence-electron chi connectivity index (χ3n) is 3.46. The van der Waals surface area contributed by atoms with Crippen LogP contribution in [0.15, 0.2) is 18.2 Å². The number of rotatable bonds is 4. The van der Waals surface area contributed by atoms with Gasteiger partial charge in [-0.15, -0.1) is 0 Å². The lowest BCUT2D eigenvalue weighted by atomic mass is 9.98. The van der Waals surface area contributed by atoms with Crippen molar-refractivity contribution in [3.05, 3.63) is 38.9 Å². The number of likely N-dealkylation sites (tertiary alicyclic amines) is 1. The van der Waals surface area contributed by atoms with Gasteiger partial charge >= 0.3 is 0 Å². The molecule has 0 N–H and O–H groups in total. The lowest BCUT2D eigenvalue weighted by Crippen LogP contribution is -2.33. The van der Waals surface area contributed by atoms with Gasteiger partial charge in [-0.3, -0.25) is 15.0 Å². The summed E-state index contributed by atoms with van der Waals surface area (Å²) in [6, 6.07) is 4.75. The number of carbonyl (C=O) groups is 1. The number of hydrogen-bond donors (Lipinski definition) is 0. The number of nitrogens with zero attached hydrogens (tertiary/aromatic N) is 2. The maximum atomic E-state index is 11.0. The molecule has 1 saturated heterocycles. The summed E-state index contributed by atoms with van der Waals surface area (Å²) < 4.78 is 0. The van der Waals surface area contributed by atoms with Crippen LogP contribution in [-0.2, 0) is 11.3 Å². The lowest BCUT2D eigenvalue weighted by Gasteiger charge is -2.29. The van der Waals surface area contributed by atoms with E-state index in [0.717, 1.165) is 32.2 Å². The first-order chi connectivity index (χ1) is 9.10. The predicted molar refractivity (Wildman–Crippen MR) is 72.2 cm³/mol. The van der Waals surface area contributed by atoms with Crippen LogP contribution in [0.5, 0.6) is 0 Å². The van der Waals surface area contributed by atoms with Crippen molar-refractivity contribution in [2.24, 2.45) is 5.92 Å². The lowest BCUT2D eigenvalue weighted by molar-refractivity contribution is -0.385. The Hall–Kier alpha value is -1.46. The van der Waals surface area contributed by atoms with Gasteiger partial charge in [0.15, 0.2) is 0 Å². The minimum atomic E-state index is -0.403. The minimum Gasteiger partial charge on any atom is -0.303 e. The smallest absolute Gasteiger partial charge is 0.275 e. The molecule has 1 aliphatic rings. The Morgan fingerprint density at radius 1 is 1.42 bits per heavy atom. The van der Waals surface area contributed by atoms with Gasteiger partial charge in [0, 0.05) is 29.1 Å². The van der Waals surface area contributed by atoms with Crippen LogP contribution in [0.2, 0.25) is 5.02 Å². The Bertz CT molecular complexity index is 485. The first-order valence-electron chi connectivity index (χ1n) is 6.20. The fraction of sp³-hybridized carbons (Fsp3) is 0.462. The Morgan fingerprint density at radius 3 is 2.68 bits per heavy atom. The minimum absolute atomic E-state index is 0.0602. The molecule has 0 atom stereocenters. The summed E-state index contributed by atoms with van der Waals surface area (Å²) in [4.78, 5) is 23.4. The van der Waals surface area contributed by atoms with Gasteiger partial charge in [-0.25, -0.2) is 0 Å². The Balaban J connectivity index is 2.07. The third kappa shape index (κ3) is 3.52. The van der Waals surface area contributed by atoms with Gasteiger partial charge in [-0.1, -0.05) is 11.6 Å². The van der Waals surface area contributed by atoms with E-state index < -0.39 is 4.92 Å². The summed E-state index contributed by atoms with van der Waals surface area (Å²) in [5.74, 6) is 0.136. The van der Waals surface area contributed by atoms with Gasteiger partial charge in [0.1, 0.15) is 6.29 Å². The molecule has 0 amide bonds. The zero-order valence-corrected chi connectivity index (χ0v) is 11.2. The zero-order chi connectivity index (χ0) is 13.8. The highest BCUT2D eigenvalue weighted by atomic mass is 35.5. The van der Waals surface area contributed by atoms with E-state index in [1.165, 1.54) is 6.07 Å². The van der Waals surface area contributed by atoms with Gasteiger partial charge in [0.05, 0.1) is 4.92 Å². The molecule has 0 bridgehead atoms. The van der Waals surface area contributed by atoms with Gasteiger partial charge in [0.25, 0.3) is 5.69 Å². The van der Waals surface area contributed by atoms with Crippen LogP contribution in [0.3, 0.4) is 0 Å². The second-order valence-electron chi connectivity index (χ2n) is 4.78. The normalized spacial score (nSPS) is 17.3. The number of nitro benzene ring substituents is 1. The van der Waals surface area contributed by atoms with Crippen LogP contribution >= 0.6 is 11.6 Å². The second kappa shape index (κ2) is 6.12. The SMILES string of the molecule is O=CC1CCN(Cc2ccc(Cl)cc2[N+](=O)[O-])CC1. The first-order valence-corrected chi connectivity index (χ1v) is 6.58. The topological polar surface area (TPSA) is 63.5 Å². The summed E-state index contributed by atoms with van der Waals surface area (Å²) >= 11 is 5.78. The van der Waals surface area contributed by atoms with E-state index in [1.54, 1.807) is 12.1 Å². The Labute approximate surface area is 116 Å². The highest BCUT2D eigenvalue weighted by Gasteiger charge is 2.21. The third-order valence-corrected chi connectivity index (χ3v) is 3.70. The van der Waals surface area contributed by atoms with Crippen molar-refractivity contribution in [2.45, 2.75) is 19.4 Å². The molecule has 6 heteroatoms. The van der Waals surface area contributed by atoms with Crippen LogP contribution in [0.25, 0.3) is 0 Å². The predicted octanol–water partition coefficient (Wildman–Crippen LogP) is 2.66. The fourth-order valence-electron chi connectivity index (χ4n) is 2.33. The van der Waals surface area contributed by atoms with E-state index in [4.69, 9.17) is 11.6 Å². The quantitative estimate of drug-likeness (QED) is 0.484. The molecule has 19 heavy (non-hydrogen) atoms. The molecule has 0 saturated carbocycles. The van der Waals surface area contributed by atoms with E-state index in [1.807, 2.05) is 0 Å². The largest absolute Gasteiger partial charge is 0.303 e. The van der Waals surface area contributed by atoms with Gasteiger partial charge in [-0.2, -0.15) is 0 Å². The molecule has 102 valence electrons. The first kappa shape index (κ1) is 14.0. The molecule has 0 spiro atoms. The molecule has 0 aromatic heterocycles. The summed E-state index contributed by atoms with van der Waals surface area (Å²) in [5, 5.41) is 11.4. The second-order valence-corrected chi connectivity index (χ2v) is 5.22. The molecule has 1 fully saturated rings. The van der Waals surface area contributed by atoms with Crippen LogP contribution in [0, 0.1) is 16.0 Å². The fourth-order valence-corrected chi connectivity index (χ4v) is 2.50. The number of piperidine rings is 1. The maximum absolute atomic E-state index is 11.0. The van der Waals surface area contributed by atoms with Crippen LogP contribution < -0.4 is 0 Å². The van der Waals surface area contributed by atoms with Gasteiger partial charge in [0.2, 0.25) is 0 Å². The average molecular weight is 283 g/mol. The number of halogens is 1. The molecular formula is C13H15ClN2O3. The van der Waals surface area contributed by atoms with Crippen LogP contribution in [0.1, 0.15) is 18.4 Å². The van der Waals surface area contributed by atoms with Crippen molar-refractivity contribution in [1.82, 2.24) is 4.90 Å². The number of carbonyl (C=O) groups excluding carboxylic acids is 1. The van der Waals surface area contributed by atoms with Crippen molar-refractivity contribution in [3.63, 3.8) is 0 Å². The van der Waals surface area contributed by atoms with Crippen molar-refractivity contribution >= 4 is 23.6 Å². The standard InChI is InChI=1S/C13H15ClN2O3/c14-12-2-1-11(13(7-12)16(18)19)8-15-5-3-10(9-17)4-6-15/h1-2,7,9-10H,3-6,8H2. The molecule has 1 heterocycles. The summed E-state index contributed by atoms with van der Waals surface area (Å²) in [7, 11) is 0. The summed E-state index contributed by atoms with van der Waals surface area (Å²) in [5.41, 5.74) is 0.726. The van der Waals surface area contributed by atoms with Crippen molar-refractivity contribution in [2.75, 3.05) is 13.1 Å². The molecule has 1 aromatic rings. The molecule has 2 rings (SSSR count). The number of aldehydes is 1. The summed E-state index contributed by atoms with van der Waals surface area (Å²) in [6.07, 6.45) is 2.65. The molecule has 5 nitrogen and oxygen atoms in total. The van der Waals surface area contributed by atoms with Gasteiger partial charge < -0.3 is 4.79 Å². The number of nitro groups is 1. The molecule has 0 aliphatic carbocycles. The number of benzene rings is 1. The Kier molecular flexibility index (Phi) is 4.50. The monoisotopic (exact) mass is 282 g/mol. The highest BCUT2D eigenvalue weighted by molar-refractivity contribution is 6.30. The number of hydrogen-bond acceptors (Lipinski definition) is 4. The van der Waals surface area contributed by atoms with E-state index in [0.29, 0.717) is 17.1 Å². The Morgan fingerprint density at radius 2 is 2.11 bits per heavy atom. The molecule has 0 radical (unpaired) electrons. The van der Waals surface area contributed by atoms with Crippen LogP contribution in [-0.4, -0.2) is 29.2 Å². The molecular weight excluding hydrogens is 268 g/mol. The maximum Gasteiger partial charge on any atom is 0.275 e. The zero-order valence-electron chi connectivity index (χ0n) is 10.4. The molecule has 1 aliphatic heterocycles. The van der Waals surface area contributed by atoms with E-state index in [2.05, 4.69) is 4.90 Å². The average Bonchev–Trinajstić information content (AvgIpc) is 2.41. The van der Waals surface area contributed by atoms with Crippen molar-refractivity contribution in [3.8, 4) is 0 Å². The van der Waals surface area contributed by atoms with E-state index >= 15 is 0 Å².